The van der Waals surface area contributed by atoms with Crippen molar-refractivity contribution in [2.24, 2.45) is 5.16 Å². The number of hydrogen-bond donors (Lipinski definition) is 1. The Morgan fingerprint density at radius 1 is 1.41 bits per heavy atom. The third-order valence-electron chi connectivity index (χ3n) is 3.56. The van der Waals surface area contributed by atoms with E-state index in [1.165, 1.54) is 12.0 Å². The molecule has 0 bridgehead atoms. The molecular formula is C14H20N2O. The summed E-state index contributed by atoms with van der Waals surface area (Å²) < 4.78 is 0. The van der Waals surface area contributed by atoms with Crippen LogP contribution in [0.15, 0.2) is 35.5 Å². The molecule has 1 aliphatic heterocycles. The van der Waals surface area contributed by atoms with Gasteiger partial charge in [-0.05, 0) is 25.8 Å². The van der Waals surface area contributed by atoms with Crippen molar-refractivity contribution in [3.8, 4) is 0 Å². The van der Waals surface area contributed by atoms with Crippen molar-refractivity contribution in [2.75, 3.05) is 0 Å². The van der Waals surface area contributed by atoms with Gasteiger partial charge in [0.25, 0.3) is 0 Å². The molecule has 3 heteroatoms. The van der Waals surface area contributed by atoms with Crippen molar-refractivity contribution >= 4 is 5.71 Å². The van der Waals surface area contributed by atoms with Gasteiger partial charge in [-0.1, -0.05) is 35.5 Å². The van der Waals surface area contributed by atoms with Gasteiger partial charge in [-0.3, -0.25) is 4.90 Å². The highest BCUT2D eigenvalue weighted by Gasteiger charge is 2.34. The Labute approximate surface area is 103 Å². The van der Waals surface area contributed by atoms with Crippen LogP contribution in [0.5, 0.6) is 0 Å². The van der Waals surface area contributed by atoms with Crippen LogP contribution in [0.3, 0.4) is 0 Å². The molecule has 0 saturated carbocycles. The first-order valence-electron chi connectivity index (χ1n) is 6.18. The standard InChI is InChI=1S/C14H20N2O/c1-11(15-17)8-14-9-12(2)16(14)10-13-6-4-3-5-7-13/h3-7,12,14,17H,8-10H2,1-2H3/b15-11-. The van der Waals surface area contributed by atoms with Crippen molar-refractivity contribution in [3.63, 3.8) is 0 Å². The number of oxime groups is 1. The summed E-state index contributed by atoms with van der Waals surface area (Å²) in [5.41, 5.74) is 2.17. The fourth-order valence-electron chi connectivity index (χ4n) is 2.55. The van der Waals surface area contributed by atoms with Crippen LogP contribution in [0.25, 0.3) is 0 Å². The zero-order valence-corrected chi connectivity index (χ0v) is 10.5. The minimum Gasteiger partial charge on any atom is -0.411 e. The largest absolute Gasteiger partial charge is 0.411 e. The van der Waals surface area contributed by atoms with Gasteiger partial charge in [0.05, 0.1) is 5.71 Å². The summed E-state index contributed by atoms with van der Waals surface area (Å²) in [4.78, 5) is 2.48. The second-order valence-corrected chi connectivity index (χ2v) is 4.94. The van der Waals surface area contributed by atoms with Crippen LogP contribution in [0.2, 0.25) is 0 Å². The lowest BCUT2D eigenvalue weighted by atomic mass is 9.89. The summed E-state index contributed by atoms with van der Waals surface area (Å²) >= 11 is 0. The first-order valence-corrected chi connectivity index (χ1v) is 6.18. The second kappa shape index (κ2) is 5.32. The molecular weight excluding hydrogens is 212 g/mol. The van der Waals surface area contributed by atoms with Crippen molar-refractivity contribution in [1.82, 2.24) is 4.90 Å². The van der Waals surface area contributed by atoms with E-state index in [9.17, 15) is 0 Å². The topological polar surface area (TPSA) is 35.8 Å². The van der Waals surface area contributed by atoms with Gasteiger partial charge in [-0.25, -0.2) is 0 Å². The van der Waals surface area contributed by atoms with Gasteiger partial charge in [-0.2, -0.15) is 0 Å². The third kappa shape index (κ3) is 2.86. The van der Waals surface area contributed by atoms with Crippen LogP contribution in [0, 0.1) is 0 Å². The summed E-state index contributed by atoms with van der Waals surface area (Å²) in [6.45, 7) is 5.12. The molecule has 3 nitrogen and oxygen atoms in total. The van der Waals surface area contributed by atoms with Gasteiger partial charge in [-0.15, -0.1) is 0 Å². The van der Waals surface area contributed by atoms with Gasteiger partial charge in [0, 0.05) is 25.0 Å². The molecule has 1 aromatic rings. The van der Waals surface area contributed by atoms with E-state index < -0.39 is 0 Å². The lowest BCUT2D eigenvalue weighted by Crippen LogP contribution is -2.54. The molecule has 0 aromatic heterocycles. The maximum atomic E-state index is 8.71. The van der Waals surface area contributed by atoms with E-state index in [2.05, 4.69) is 41.2 Å². The fraction of sp³-hybridized carbons (Fsp3) is 0.500. The Bertz CT molecular complexity index is 388. The van der Waals surface area contributed by atoms with Crippen molar-refractivity contribution in [3.05, 3.63) is 35.9 Å². The van der Waals surface area contributed by atoms with Crippen LogP contribution >= 0.6 is 0 Å². The number of hydrogen-bond acceptors (Lipinski definition) is 3. The third-order valence-corrected chi connectivity index (χ3v) is 3.56. The van der Waals surface area contributed by atoms with Crippen LogP contribution in [-0.2, 0) is 6.54 Å². The monoisotopic (exact) mass is 232 g/mol. The van der Waals surface area contributed by atoms with E-state index in [1.54, 1.807) is 0 Å². The molecule has 17 heavy (non-hydrogen) atoms. The molecule has 0 aliphatic carbocycles. The van der Waals surface area contributed by atoms with Gasteiger partial charge in [0.1, 0.15) is 0 Å². The minimum atomic E-state index is 0.529. The SMILES string of the molecule is C/C(CC1CC(C)N1Cc1ccccc1)=N/O. The Kier molecular flexibility index (Phi) is 3.79. The lowest BCUT2D eigenvalue weighted by molar-refractivity contribution is 0.0219. The van der Waals surface area contributed by atoms with E-state index in [0.717, 1.165) is 18.7 Å². The summed E-state index contributed by atoms with van der Waals surface area (Å²) in [6, 6.07) is 11.7. The van der Waals surface area contributed by atoms with E-state index in [-0.39, 0.29) is 0 Å². The summed E-state index contributed by atoms with van der Waals surface area (Å²) in [6.07, 6.45) is 2.06. The average molecular weight is 232 g/mol. The molecule has 2 unspecified atom stereocenters. The van der Waals surface area contributed by atoms with Gasteiger partial charge in [0.2, 0.25) is 0 Å². The number of benzene rings is 1. The average Bonchev–Trinajstić information content (AvgIpc) is 2.36. The Hall–Kier alpha value is -1.35. The maximum absolute atomic E-state index is 8.71. The van der Waals surface area contributed by atoms with Crippen LogP contribution in [0.4, 0.5) is 0 Å². The zero-order valence-electron chi connectivity index (χ0n) is 10.5. The fourth-order valence-corrected chi connectivity index (χ4v) is 2.55. The number of rotatable bonds is 4. The van der Waals surface area contributed by atoms with E-state index in [0.29, 0.717) is 12.1 Å². The highest BCUT2D eigenvalue weighted by Crippen LogP contribution is 2.30. The predicted molar refractivity (Wildman–Crippen MR) is 69.4 cm³/mol. The van der Waals surface area contributed by atoms with Crippen molar-refractivity contribution in [1.29, 1.82) is 0 Å². The molecule has 0 spiro atoms. The van der Waals surface area contributed by atoms with Crippen molar-refractivity contribution < 1.29 is 5.21 Å². The molecule has 2 atom stereocenters. The van der Waals surface area contributed by atoms with Crippen LogP contribution in [0.1, 0.15) is 32.3 Å². The van der Waals surface area contributed by atoms with E-state index in [4.69, 9.17) is 5.21 Å². The molecule has 1 aromatic carbocycles. The first kappa shape index (κ1) is 12.1. The smallest absolute Gasteiger partial charge is 0.0555 e. The molecule has 0 radical (unpaired) electrons. The number of nitrogens with zero attached hydrogens (tertiary/aromatic N) is 2. The molecule has 2 rings (SSSR count). The summed E-state index contributed by atoms with van der Waals surface area (Å²) in [5.74, 6) is 0. The zero-order chi connectivity index (χ0) is 12.3. The predicted octanol–water partition coefficient (Wildman–Crippen LogP) is 2.89. The van der Waals surface area contributed by atoms with Gasteiger partial charge >= 0.3 is 0 Å². The molecule has 1 saturated heterocycles. The summed E-state index contributed by atoms with van der Waals surface area (Å²) in [5, 5.41) is 12.0. The van der Waals surface area contributed by atoms with Crippen LogP contribution < -0.4 is 0 Å². The molecule has 92 valence electrons. The lowest BCUT2D eigenvalue weighted by Gasteiger charge is -2.47. The van der Waals surface area contributed by atoms with Crippen LogP contribution in [-0.4, -0.2) is 27.9 Å². The van der Waals surface area contributed by atoms with Gasteiger partial charge < -0.3 is 5.21 Å². The van der Waals surface area contributed by atoms with E-state index in [1.807, 2.05) is 13.0 Å². The van der Waals surface area contributed by atoms with Crippen molar-refractivity contribution in [2.45, 2.75) is 45.3 Å². The maximum Gasteiger partial charge on any atom is 0.0555 e. The number of likely N-dealkylation sites (tertiary alicyclic amines) is 1. The quantitative estimate of drug-likeness (QED) is 0.492. The highest BCUT2D eigenvalue weighted by molar-refractivity contribution is 5.81. The molecule has 0 amide bonds. The Morgan fingerprint density at radius 2 is 2.12 bits per heavy atom. The molecule has 1 heterocycles. The van der Waals surface area contributed by atoms with E-state index >= 15 is 0 Å². The van der Waals surface area contributed by atoms with Gasteiger partial charge in [0.15, 0.2) is 0 Å². The molecule has 1 N–H and O–H groups in total. The molecule has 1 aliphatic rings. The summed E-state index contributed by atoms with van der Waals surface area (Å²) in [7, 11) is 0. The highest BCUT2D eigenvalue weighted by atomic mass is 16.4. The Balaban J connectivity index is 1.95. The molecule has 1 fully saturated rings. The second-order valence-electron chi connectivity index (χ2n) is 4.94. The first-order chi connectivity index (χ1) is 8.20. The minimum absolute atomic E-state index is 0.529. The Morgan fingerprint density at radius 3 is 2.71 bits per heavy atom. The normalized spacial score (nSPS) is 25.6.